The minimum absolute atomic E-state index is 0.0591. The summed E-state index contributed by atoms with van der Waals surface area (Å²) < 4.78 is 10.4. The second kappa shape index (κ2) is 11.1. The zero-order chi connectivity index (χ0) is 25.5. The van der Waals surface area contributed by atoms with Gasteiger partial charge in [0.25, 0.3) is 0 Å². The van der Waals surface area contributed by atoms with Crippen molar-refractivity contribution in [3.63, 3.8) is 0 Å². The highest BCUT2D eigenvalue weighted by atomic mass is 16.6. The highest BCUT2D eigenvalue weighted by molar-refractivity contribution is 6.06. The van der Waals surface area contributed by atoms with Gasteiger partial charge in [-0.15, -0.1) is 0 Å². The summed E-state index contributed by atoms with van der Waals surface area (Å²) in [6.45, 7) is 5.60. The first-order valence-corrected chi connectivity index (χ1v) is 12.0. The van der Waals surface area contributed by atoms with Crippen molar-refractivity contribution in [2.75, 3.05) is 18.1 Å². The molecule has 1 amide bonds. The monoisotopic (exact) mass is 485 g/mol. The molecule has 4 rings (SSSR count). The van der Waals surface area contributed by atoms with E-state index in [1.54, 1.807) is 32.9 Å². The molecule has 1 atom stereocenters. The van der Waals surface area contributed by atoms with Crippen LogP contribution >= 0.6 is 0 Å². The zero-order valence-electron chi connectivity index (χ0n) is 20.8. The number of amides is 1. The molecule has 0 saturated carbocycles. The summed E-state index contributed by atoms with van der Waals surface area (Å²) >= 11 is 0. The van der Waals surface area contributed by atoms with E-state index in [-0.39, 0.29) is 19.2 Å². The fourth-order valence-electron chi connectivity index (χ4n) is 3.90. The van der Waals surface area contributed by atoms with Crippen LogP contribution in [0, 0.1) is 0 Å². The maximum Gasteiger partial charge on any atom is 0.407 e. The summed E-state index contributed by atoms with van der Waals surface area (Å²) in [6.07, 6.45) is 0.255. The molecule has 186 valence electrons. The summed E-state index contributed by atoms with van der Waals surface area (Å²) in [6, 6.07) is 27.7. The topological polar surface area (TPSA) is 80.2 Å². The molecule has 1 aliphatic heterocycles. The zero-order valence-corrected chi connectivity index (χ0v) is 20.8. The van der Waals surface area contributed by atoms with E-state index >= 15 is 0 Å². The molecule has 3 aromatic rings. The average Bonchev–Trinajstić information content (AvgIpc) is 2.84. The Bertz CT molecular complexity index is 1200. The van der Waals surface area contributed by atoms with Crippen LogP contribution in [-0.4, -0.2) is 36.7 Å². The highest BCUT2D eigenvalue weighted by Crippen LogP contribution is 2.40. The quantitative estimate of drug-likeness (QED) is 0.326. The van der Waals surface area contributed by atoms with Gasteiger partial charge >= 0.3 is 12.1 Å². The third-order valence-corrected chi connectivity index (χ3v) is 5.55. The second-order valence-corrected chi connectivity index (χ2v) is 9.48. The number of amidine groups is 1. The lowest BCUT2D eigenvalue weighted by Crippen LogP contribution is -2.46. The number of aliphatic imine (C=N–C) groups is 1. The fraction of sp³-hybridized carbons (Fsp3) is 0.276. The number of para-hydroxylation sites is 2. The van der Waals surface area contributed by atoms with Gasteiger partial charge in [0, 0.05) is 12.1 Å². The molecule has 1 N–H and O–H groups in total. The number of carbonyl (C=O) groups is 2. The van der Waals surface area contributed by atoms with Gasteiger partial charge in [0.2, 0.25) is 0 Å². The van der Waals surface area contributed by atoms with Crippen LogP contribution < -0.4 is 10.2 Å². The summed E-state index contributed by atoms with van der Waals surface area (Å²) in [5.74, 6) is 0.561. The highest BCUT2D eigenvalue weighted by Gasteiger charge is 2.36. The van der Waals surface area contributed by atoms with E-state index in [0.717, 1.165) is 29.2 Å². The molecule has 1 unspecified atom stereocenters. The Morgan fingerprint density at radius 3 is 2.22 bits per heavy atom. The minimum Gasteiger partial charge on any atom is -0.460 e. The molecular formula is C29H31N3O4. The molecule has 0 aromatic heterocycles. The Morgan fingerprint density at radius 1 is 0.944 bits per heavy atom. The third kappa shape index (κ3) is 6.50. The van der Waals surface area contributed by atoms with Crippen molar-refractivity contribution < 1.29 is 19.1 Å². The van der Waals surface area contributed by atoms with Crippen molar-refractivity contribution >= 4 is 29.3 Å². The molecule has 0 bridgehead atoms. The second-order valence-electron chi connectivity index (χ2n) is 9.48. The van der Waals surface area contributed by atoms with Gasteiger partial charge in [-0.3, -0.25) is 0 Å². The van der Waals surface area contributed by atoms with Crippen molar-refractivity contribution in [1.29, 1.82) is 0 Å². The normalized spacial score (nSPS) is 16.2. The summed E-state index contributed by atoms with van der Waals surface area (Å²) in [5.41, 5.74) is 2.97. The first-order valence-electron chi connectivity index (χ1n) is 12.0. The summed E-state index contributed by atoms with van der Waals surface area (Å²) in [4.78, 5) is 31.2. The Morgan fingerprint density at radius 2 is 1.58 bits per heavy atom. The molecule has 1 saturated heterocycles. The fourth-order valence-corrected chi connectivity index (χ4v) is 3.90. The van der Waals surface area contributed by atoms with Gasteiger partial charge in [-0.2, -0.15) is 0 Å². The number of rotatable bonds is 7. The molecule has 0 spiro atoms. The Kier molecular flexibility index (Phi) is 7.68. The number of benzene rings is 3. The van der Waals surface area contributed by atoms with Gasteiger partial charge in [-0.1, -0.05) is 48.5 Å². The number of carbonyl (C=O) groups excluding carboxylic acids is 2. The van der Waals surface area contributed by atoms with E-state index in [1.165, 1.54) is 0 Å². The van der Waals surface area contributed by atoms with E-state index in [1.807, 2.05) is 60.7 Å². The molecule has 0 radical (unpaired) electrons. The van der Waals surface area contributed by atoms with Crippen LogP contribution in [0.2, 0.25) is 0 Å². The number of nitrogens with one attached hydrogen (secondary N) is 1. The van der Waals surface area contributed by atoms with Gasteiger partial charge < -0.3 is 19.7 Å². The van der Waals surface area contributed by atoms with Crippen molar-refractivity contribution in [3.05, 3.63) is 96.1 Å². The van der Waals surface area contributed by atoms with Gasteiger partial charge in [0.1, 0.15) is 18.0 Å². The largest absolute Gasteiger partial charge is 0.460 e. The van der Waals surface area contributed by atoms with Crippen molar-refractivity contribution in [2.24, 2.45) is 4.99 Å². The maximum absolute atomic E-state index is 12.4. The number of ether oxygens (including phenoxy) is 2. The molecule has 36 heavy (non-hydrogen) atoms. The first-order chi connectivity index (χ1) is 17.3. The van der Waals surface area contributed by atoms with E-state index in [0.29, 0.717) is 5.56 Å². The summed E-state index contributed by atoms with van der Waals surface area (Å²) in [5, 5.41) is 2.57. The number of anilines is 1. The predicted molar refractivity (Wildman–Crippen MR) is 141 cm³/mol. The minimum atomic E-state index is -0.576. The Hall–Kier alpha value is -4.13. The molecule has 7 heteroatoms. The van der Waals surface area contributed by atoms with E-state index in [2.05, 4.69) is 22.3 Å². The number of hydrogen-bond donors (Lipinski definition) is 1. The van der Waals surface area contributed by atoms with Crippen molar-refractivity contribution in [2.45, 2.75) is 38.8 Å². The third-order valence-electron chi connectivity index (χ3n) is 5.55. The van der Waals surface area contributed by atoms with Crippen molar-refractivity contribution in [1.82, 2.24) is 5.32 Å². The SMILES string of the molecule is CC(C)(C)OC(=O)NCCOC(=O)c1ccc(C2CC(=Nc3ccccc3)N2c2ccccc2)cc1. The lowest BCUT2D eigenvalue weighted by Gasteiger charge is -2.44. The Balaban J connectivity index is 1.37. The molecule has 7 nitrogen and oxygen atoms in total. The molecule has 1 heterocycles. The van der Waals surface area contributed by atoms with Gasteiger partial charge in [0.05, 0.1) is 23.8 Å². The van der Waals surface area contributed by atoms with E-state index in [9.17, 15) is 9.59 Å². The molecule has 3 aromatic carbocycles. The maximum atomic E-state index is 12.4. The van der Waals surface area contributed by atoms with Crippen LogP contribution in [0.1, 0.15) is 49.2 Å². The summed E-state index contributed by atoms with van der Waals surface area (Å²) in [7, 11) is 0. The van der Waals surface area contributed by atoms with Crippen LogP contribution in [0.15, 0.2) is 89.9 Å². The standard InChI is InChI=1S/C29H31N3O4/c1-29(2,3)36-28(34)30-18-19-35-27(33)22-16-14-21(15-17-22)25-20-26(31-23-10-6-4-7-11-23)32(25)24-12-8-5-9-13-24/h4-17,25H,18-20H2,1-3H3,(H,30,34). The number of alkyl carbamates (subject to hydrolysis) is 1. The van der Waals surface area contributed by atoms with Gasteiger partial charge in [-0.05, 0) is 62.7 Å². The first kappa shape index (κ1) is 25.0. The average molecular weight is 486 g/mol. The smallest absolute Gasteiger partial charge is 0.407 e. The number of nitrogens with zero attached hydrogens (tertiary/aromatic N) is 2. The molecule has 0 aliphatic carbocycles. The molecule has 1 fully saturated rings. The van der Waals surface area contributed by atoms with Crippen LogP contribution in [0.4, 0.5) is 16.2 Å². The lowest BCUT2D eigenvalue weighted by atomic mass is 9.91. The Labute approximate surface area is 211 Å². The molecule has 1 aliphatic rings. The van der Waals surface area contributed by atoms with Crippen LogP contribution in [0.25, 0.3) is 0 Å². The van der Waals surface area contributed by atoms with Crippen LogP contribution in [0.3, 0.4) is 0 Å². The molecular weight excluding hydrogens is 454 g/mol. The van der Waals surface area contributed by atoms with Crippen molar-refractivity contribution in [3.8, 4) is 0 Å². The predicted octanol–water partition coefficient (Wildman–Crippen LogP) is 6.05. The van der Waals surface area contributed by atoms with E-state index in [4.69, 9.17) is 14.5 Å². The van der Waals surface area contributed by atoms with Gasteiger partial charge in [0.15, 0.2) is 0 Å². The van der Waals surface area contributed by atoms with Crippen LogP contribution in [-0.2, 0) is 9.47 Å². The van der Waals surface area contributed by atoms with E-state index < -0.39 is 17.7 Å². The van der Waals surface area contributed by atoms with Crippen LogP contribution in [0.5, 0.6) is 0 Å². The van der Waals surface area contributed by atoms with Gasteiger partial charge in [-0.25, -0.2) is 14.6 Å². The number of hydrogen-bond acceptors (Lipinski definition) is 5. The lowest BCUT2D eigenvalue weighted by molar-refractivity contribution is 0.0433. The number of esters is 1.